The Morgan fingerprint density at radius 1 is 0.969 bits per heavy atom. The maximum Gasteiger partial charge on any atom is 0.291 e. The normalized spacial score (nSPS) is 11.1. The molecule has 158 valence electrons. The van der Waals surface area contributed by atoms with E-state index in [4.69, 9.17) is 27.6 Å². The van der Waals surface area contributed by atoms with E-state index in [1.54, 1.807) is 24.3 Å². The number of amides is 1. The third-order valence-electron chi connectivity index (χ3n) is 4.79. The Morgan fingerprint density at radius 3 is 2.53 bits per heavy atom. The largest absolute Gasteiger partial charge is 0.451 e. The Kier molecular flexibility index (Phi) is 5.78. The third-order valence-corrected chi connectivity index (χ3v) is 7.01. The average Bonchev–Trinajstić information content (AvgIpc) is 3.43. The van der Waals surface area contributed by atoms with Crippen molar-refractivity contribution in [2.45, 2.75) is 0 Å². The van der Waals surface area contributed by atoms with Crippen molar-refractivity contribution in [3.8, 4) is 21.9 Å². The smallest absolute Gasteiger partial charge is 0.291 e. The van der Waals surface area contributed by atoms with Crippen molar-refractivity contribution in [3.63, 3.8) is 0 Å². The van der Waals surface area contributed by atoms with Crippen LogP contribution in [0.4, 0.5) is 5.69 Å². The highest BCUT2D eigenvalue weighted by Gasteiger charge is 2.17. The number of anilines is 1. The second-order valence-electron chi connectivity index (χ2n) is 6.92. The summed E-state index contributed by atoms with van der Waals surface area (Å²) in [6.45, 7) is 0. The maximum atomic E-state index is 12.8. The molecule has 2 aromatic heterocycles. The summed E-state index contributed by atoms with van der Waals surface area (Å²) in [5.41, 5.74) is 2.88. The quantitative estimate of drug-likeness (QED) is 0.247. The van der Waals surface area contributed by atoms with Gasteiger partial charge >= 0.3 is 0 Å². The van der Waals surface area contributed by atoms with Crippen LogP contribution in [0, 0.1) is 0 Å². The van der Waals surface area contributed by atoms with E-state index < -0.39 is 5.91 Å². The number of fused-ring (bicyclic) bond motifs is 1. The van der Waals surface area contributed by atoms with Gasteiger partial charge < -0.3 is 9.73 Å². The first-order valence-electron chi connectivity index (χ1n) is 9.50. The van der Waals surface area contributed by atoms with Gasteiger partial charge in [-0.25, -0.2) is 4.98 Å². The number of carbonyl (C=O) groups excluding carboxylic acids is 1. The zero-order valence-corrected chi connectivity index (χ0v) is 20.1. The average molecular weight is 544 g/mol. The highest BCUT2D eigenvalue weighted by molar-refractivity contribution is 9.10. The Hall–Kier alpha value is -2.64. The van der Waals surface area contributed by atoms with Gasteiger partial charge in [0.2, 0.25) is 0 Å². The zero-order valence-electron chi connectivity index (χ0n) is 16.2. The number of thiazole rings is 1. The molecule has 0 bridgehead atoms. The standard InChI is InChI=1S/C24H13BrCl2N2O2S/c25-14-7-5-13(6-8-14)20-9-10-21(31-20)23(30)28-19-11-15(16(26)12-17(19)27)24-29-18-3-1-2-4-22(18)32-24/h1-12H,(H,28,30). The molecule has 0 fully saturated rings. The lowest BCUT2D eigenvalue weighted by atomic mass is 10.2. The number of rotatable bonds is 4. The number of furan rings is 1. The van der Waals surface area contributed by atoms with E-state index in [0.717, 1.165) is 25.3 Å². The Labute approximate surface area is 205 Å². The van der Waals surface area contributed by atoms with E-state index in [9.17, 15) is 4.79 Å². The van der Waals surface area contributed by atoms with Crippen LogP contribution in [0.2, 0.25) is 10.0 Å². The van der Waals surface area contributed by atoms with Crippen LogP contribution >= 0.6 is 50.5 Å². The van der Waals surface area contributed by atoms with Crippen molar-refractivity contribution >= 4 is 72.3 Å². The van der Waals surface area contributed by atoms with Gasteiger partial charge in [-0.05, 0) is 48.5 Å². The van der Waals surface area contributed by atoms with Gasteiger partial charge in [0.05, 0.1) is 25.9 Å². The minimum atomic E-state index is -0.409. The van der Waals surface area contributed by atoms with E-state index in [-0.39, 0.29) is 5.76 Å². The molecule has 5 rings (SSSR count). The molecule has 0 spiro atoms. The first-order chi connectivity index (χ1) is 15.5. The molecule has 8 heteroatoms. The molecule has 0 aliphatic rings. The fourth-order valence-corrected chi connectivity index (χ4v) is 5.05. The summed E-state index contributed by atoms with van der Waals surface area (Å²) in [6.07, 6.45) is 0. The van der Waals surface area contributed by atoms with Crippen molar-refractivity contribution in [2.75, 3.05) is 5.32 Å². The van der Waals surface area contributed by atoms with Gasteiger partial charge in [0.25, 0.3) is 5.91 Å². The van der Waals surface area contributed by atoms with Crippen LogP contribution in [0.3, 0.4) is 0 Å². The van der Waals surface area contributed by atoms with Crippen molar-refractivity contribution in [1.29, 1.82) is 0 Å². The molecule has 0 atom stereocenters. The van der Waals surface area contributed by atoms with Gasteiger partial charge in [-0.1, -0.05) is 63.4 Å². The number of nitrogens with zero attached hydrogens (tertiary/aromatic N) is 1. The van der Waals surface area contributed by atoms with Crippen LogP contribution in [0.25, 0.3) is 32.1 Å². The molecule has 0 aliphatic heterocycles. The Morgan fingerprint density at radius 2 is 1.75 bits per heavy atom. The van der Waals surface area contributed by atoms with Crippen molar-refractivity contribution in [3.05, 3.63) is 93.1 Å². The third kappa shape index (κ3) is 4.19. The first-order valence-corrected chi connectivity index (χ1v) is 11.9. The maximum absolute atomic E-state index is 12.8. The number of halogens is 3. The topological polar surface area (TPSA) is 55.1 Å². The number of benzene rings is 3. The fourth-order valence-electron chi connectivity index (χ4n) is 3.21. The molecule has 5 aromatic rings. The predicted molar refractivity (Wildman–Crippen MR) is 135 cm³/mol. The van der Waals surface area contributed by atoms with Gasteiger partial charge in [0.15, 0.2) is 5.76 Å². The molecule has 0 saturated carbocycles. The lowest BCUT2D eigenvalue weighted by Gasteiger charge is -2.09. The molecule has 0 saturated heterocycles. The van der Waals surface area contributed by atoms with E-state index in [0.29, 0.717) is 27.1 Å². The number of hydrogen-bond donors (Lipinski definition) is 1. The molecule has 1 amide bonds. The monoisotopic (exact) mass is 542 g/mol. The van der Waals surface area contributed by atoms with E-state index in [1.165, 1.54) is 11.3 Å². The Balaban J connectivity index is 1.43. The van der Waals surface area contributed by atoms with Gasteiger partial charge in [0.1, 0.15) is 10.8 Å². The van der Waals surface area contributed by atoms with Gasteiger partial charge in [0, 0.05) is 15.6 Å². The first kappa shape index (κ1) is 21.2. The van der Waals surface area contributed by atoms with Crippen LogP contribution < -0.4 is 5.32 Å². The molecule has 32 heavy (non-hydrogen) atoms. The number of aromatic nitrogens is 1. The minimum Gasteiger partial charge on any atom is -0.451 e. The second kappa shape index (κ2) is 8.71. The number of hydrogen-bond acceptors (Lipinski definition) is 4. The molecule has 4 nitrogen and oxygen atoms in total. The van der Waals surface area contributed by atoms with Crippen molar-refractivity contribution < 1.29 is 9.21 Å². The van der Waals surface area contributed by atoms with Gasteiger partial charge in [-0.3, -0.25) is 4.79 Å². The van der Waals surface area contributed by atoms with Gasteiger partial charge in [-0.15, -0.1) is 11.3 Å². The molecular formula is C24H13BrCl2N2O2S. The lowest BCUT2D eigenvalue weighted by Crippen LogP contribution is -2.11. The number of nitrogens with one attached hydrogen (secondary N) is 1. The van der Waals surface area contributed by atoms with Crippen LogP contribution in [0.15, 0.2) is 81.7 Å². The Bertz CT molecular complexity index is 1430. The molecule has 0 aliphatic carbocycles. The zero-order chi connectivity index (χ0) is 22.2. The molecule has 3 aromatic carbocycles. The number of para-hydroxylation sites is 1. The fraction of sp³-hybridized carbons (Fsp3) is 0. The van der Waals surface area contributed by atoms with Crippen LogP contribution in [-0.4, -0.2) is 10.9 Å². The van der Waals surface area contributed by atoms with Crippen molar-refractivity contribution in [1.82, 2.24) is 4.98 Å². The number of carbonyl (C=O) groups is 1. The van der Waals surface area contributed by atoms with Crippen LogP contribution in [0.1, 0.15) is 10.6 Å². The summed E-state index contributed by atoms with van der Waals surface area (Å²) in [5, 5.41) is 4.35. The van der Waals surface area contributed by atoms with Crippen molar-refractivity contribution in [2.24, 2.45) is 0 Å². The summed E-state index contributed by atoms with van der Waals surface area (Å²) >= 11 is 17.7. The lowest BCUT2D eigenvalue weighted by molar-refractivity contribution is 0.0997. The predicted octanol–water partition coefficient (Wildman–Crippen LogP) is 8.54. The molecule has 2 heterocycles. The SMILES string of the molecule is O=C(Nc1cc(-c2nc3ccccc3s2)c(Cl)cc1Cl)c1ccc(-c2ccc(Br)cc2)o1. The second-order valence-corrected chi connectivity index (χ2v) is 9.68. The molecule has 1 N–H and O–H groups in total. The van der Waals surface area contributed by atoms with Crippen LogP contribution in [0.5, 0.6) is 0 Å². The minimum absolute atomic E-state index is 0.176. The van der Waals surface area contributed by atoms with E-state index in [2.05, 4.69) is 26.2 Å². The van der Waals surface area contributed by atoms with E-state index in [1.807, 2.05) is 48.5 Å². The summed E-state index contributed by atoms with van der Waals surface area (Å²) in [7, 11) is 0. The van der Waals surface area contributed by atoms with Gasteiger partial charge in [-0.2, -0.15) is 0 Å². The highest BCUT2D eigenvalue weighted by Crippen LogP contribution is 2.39. The summed E-state index contributed by atoms with van der Waals surface area (Å²) < 4.78 is 7.77. The van der Waals surface area contributed by atoms with E-state index >= 15 is 0 Å². The summed E-state index contributed by atoms with van der Waals surface area (Å²) in [5.74, 6) is 0.364. The summed E-state index contributed by atoms with van der Waals surface area (Å²) in [4.78, 5) is 17.5. The molecule has 0 unspecified atom stereocenters. The van der Waals surface area contributed by atoms with Crippen LogP contribution in [-0.2, 0) is 0 Å². The highest BCUT2D eigenvalue weighted by atomic mass is 79.9. The summed E-state index contributed by atoms with van der Waals surface area (Å²) in [6, 6.07) is 22.2. The molecule has 0 radical (unpaired) electrons. The molecular weight excluding hydrogens is 531 g/mol.